The van der Waals surface area contributed by atoms with Gasteiger partial charge in [0, 0.05) is 66.8 Å². The number of anilines is 4. The van der Waals surface area contributed by atoms with Crippen LogP contribution in [0.5, 0.6) is 0 Å². The maximum Gasteiger partial charge on any atom is 0.247 e. The van der Waals surface area contributed by atoms with Gasteiger partial charge in [-0.15, -0.1) is 0 Å². The molecule has 1 aliphatic heterocycles. The molecule has 0 spiro atoms. The predicted molar refractivity (Wildman–Crippen MR) is 149 cm³/mol. The number of β-amino-alcohol motifs (C(OH)–C–C–N with tert-alkyl or cyclic N) is 1. The van der Waals surface area contributed by atoms with E-state index in [2.05, 4.69) is 44.1 Å². The van der Waals surface area contributed by atoms with Crippen molar-refractivity contribution in [1.82, 2.24) is 14.9 Å². The van der Waals surface area contributed by atoms with E-state index in [4.69, 9.17) is 10.1 Å². The highest BCUT2D eigenvalue weighted by molar-refractivity contribution is 6.00. The van der Waals surface area contributed by atoms with E-state index in [-0.39, 0.29) is 12.3 Å². The van der Waals surface area contributed by atoms with Gasteiger partial charge < -0.3 is 20.6 Å². The number of nitrogens with one attached hydrogen (secondary N) is 2. The molecule has 9 heteroatoms. The van der Waals surface area contributed by atoms with Crippen molar-refractivity contribution in [2.75, 3.05) is 54.9 Å². The smallest absolute Gasteiger partial charge is 0.247 e. The van der Waals surface area contributed by atoms with Gasteiger partial charge in [0.1, 0.15) is 0 Å². The molecule has 4 aromatic rings. The van der Waals surface area contributed by atoms with Crippen LogP contribution in [0.15, 0.2) is 79.5 Å². The largest absolute Gasteiger partial charge is 0.395 e. The Labute approximate surface area is 220 Å². The lowest BCUT2D eigenvalue weighted by Crippen LogP contribution is -2.47. The van der Waals surface area contributed by atoms with E-state index in [1.165, 1.54) is 6.07 Å². The number of para-hydroxylation sites is 1. The average molecular weight is 513 g/mol. The molecule has 0 atom stereocenters. The maximum absolute atomic E-state index is 15.4. The lowest BCUT2D eigenvalue weighted by molar-refractivity contribution is -0.111. The summed E-state index contributed by atoms with van der Waals surface area (Å²) in [6.07, 6.45) is 2.80. The monoisotopic (exact) mass is 512 g/mol. The van der Waals surface area contributed by atoms with E-state index in [9.17, 15) is 4.79 Å². The van der Waals surface area contributed by atoms with Crippen LogP contribution in [-0.4, -0.2) is 65.2 Å². The Balaban J connectivity index is 1.37. The van der Waals surface area contributed by atoms with E-state index in [0.717, 1.165) is 49.0 Å². The van der Waals surface area contributed by atoms with Crippen LogP contribution in [0.3, 0.4) is 0 Å². The van der Waals surface area contributed by atoms with Crippen molar-refractivity contribution in [2.45, 2.75) is 0 Å². The van der Waals surface area contributed by atoms with Gasteiger partial charge in [-0.2, -0.15) is 0 Å². The summed E-state index contributed by atoms with van der Waals surface area (Å²) in [6, 6.07) is 18.4. The van der Waals surface area contributed by atoms with E-state index >= 15 is 4.39 Å². The Morgan fingerprint density at radius 2 is 1.76 bits per heavy atom. The number of piperazine rings is 1. The third-order valence-corrected chi connectivity index (χ3v) is 6.62. The van der Waals surface area contributed by atoms with Crippen LogP contribution in [-0.2, 0) is 4.79 Å². The second-order valence-electron chi connectivity index (χ2n) is 9.02. The third kappa shape index (κ3) is 5.49. The van der Waals surface area contributed by atoms with Crippen molar-refractivity contribution >= 4 is 39.8 Å². The zero-order valence-electron chi connectivity index (χ0n) is 20.9. The maximum atomic E-state index is 15.4. The molecule has 0 saturated carbocycles. The Morgan fingerprint density at radius 3 is 2.50 bits per heavy atom. The molecule has 0 aliphatic carbocycles. The molecule has 1 aromatic heterocycles. The summed E-state index contributed by atoms with van der Waals surface area (Å²) in [4.78, 5) is 25.5. The molecule has 194 valence electrons. The van der Waals surface area contributed by atoms with Crippen LogP contribution in [0.1, 0.15) is 0 Å². The minimum atomic E-state index is -0.545. The first-order valence-corrected chi connectivity index (χ1v) is 12.5. The molecule has 0 radical (unpaired) electrons. The van der Waals surface area contributed by atoms with Crippen LogP contribution in [0.25, 0.3) is 22.0 Å². The summed E-state index contributed by atoms with van der Waals surface area (Å²) in [5, 5.41) is 15.7. The van der Waals surface area contributed by atoms with Gasteiger partial charge in [-0.25, -0.2) is 14.4 Å². The zero-order valence-corrected chi connectivity index (χ0v) is 20.9. The summed E-state index contributed by atoms with van der Waals surface area (Å²) in [5.74, 6) is -0.634. The lowest BCUT2D eigenvalue weighted by atomic mass is 10.0. The molecule has 0 bridgehead atoms. The molecule has 5 rings (SSSR count). The van der Waals surface area contributed by atoms with Crippen molar-refractivity contribution in [3.05, 3.63) is 85.3 Å². The minimum Gasteiger partial charge on any atom is -0.395 e. The molecule has 1 fully saturated rings. The Morgan fingerprint density at radius 1 is 1.03 bits per heavy atom. The number of aromatic nitrogens is 2. The fraction of sp³-hybridized carbons (Fsp3) is 0.207. The number of hydrogen-bond acceptors (Lipinski definition) is 7. The molecule has 1 amide bonds. The van der Waals surface area contributed by atoms with Crippen LogP contribution >= 0.6 is 0 Å². The van der Waals surface area contributed by atoms with Gasteiger partial charge in [-0.05, 0) is 36.4 Å². The van der Waals surface area contributed by atoms with Gasteiger partial charge in [-0.1, -0.05) is 36.9 Å². The van der Waals surface area contributed by atoms with Crippen molar-refractivity contribution in [1.29, 1.82) is 0 Å². The fourth-order valence-corrected chi connectivity index (χ4v) is 4.61. The Bertz CT molecular complexity index is 1450. The second-order valence-corrected chi connectivity index (χ2v) is 9.02. The molecule has 38 heavy (non-hydrogen) atoms. The summed E-state index contributed by atoms with van der Waals surface area (Å²) in [5.41, 5.74) is 3.56. The number of hydrogen-bond donors (Lipinski definition) is 3. The molecular weight excluding hydrogens is 483 g/mol. The van der Waals surface area contributed by atoms with Gasteiger partial charge in [0.25, 0.3) is 0 Å². The van der Waals surface area contributed by atoms with Crippen LogP contribution in [0, 0.1) is 5.82 Å². The number of rotatable bonds is 8. The second kappa shape index (κ2) is 11.4. The summed E-state index contributed by atoms with van der Waals surface area (Å²) < 4.78 is 15.4. The third-order valence-electron chi connectivity index (χ3n) is 6.62. The zero-order chi connectivity index (χ0) is 26.5. The quantitative estimate of drug-likeness (QED) is 0.301. The standard InChI is InChI=1S/C29H29FN6O2/c1-2-26(38)33-25-8-4-6-23(27(25)30)24-7-3-5-20-19-31-29(34-28(20)24)32-21-9-11-22(12-10-21)36-15-13-35(14-16-36)17-18-37/h2-12,19,37H,1,13-18H2,(H,33,38)(H,31,32,34). The lowest BCUT2D eigenvalue weighted by Gasteiger charge is -2.35. The first-order valence-electron chi connectivity index (χ1n) is 12.5. The number of nitrogens with zero attached hydrogens (tertiary/aromatic N) is 4. The summed E-state index contributed by atoms with van der Waals surface area (Å²) in [7, 11) is 0. The van der Waals surface area contributed by atoms with Crippen LogP contribution in [0.2, 0.25) is 0 Å². The van der Waals surface area contributed by atoms with E-state index in [0.29, 0.717) is 29.1 Å². The number of halogens is 1. The SMILES string of the molecule is C=CC(=O)Nc1cccc(-c2cccc3cnc(Nc4ccc(N5CCN(CCO)CC5)cc4)nc23)c1F. The number of amides is 1. The number of aliphatic hydroxyl groups excluding tert-OH is 1. The van der Waals surface area contributed by atoms with Crippen molar-refractivity contribution in [3.8, 4) is 11.1 Å². The van der Waals surface area contributed by atoms with Gasteiger partial charge in [0.15, 0.2) is 5.82 Å². The normalized spacial score (nSPS) is 13.9. The molecule has 8 nitrogen and oxygen atoms in total. The highest BCUT2D eigenvalue weighted by atomic mass is 19.1. The average Bonchev–Trinajstić information content (AvgIpc) is 2.95. The van der Waals surface area contributed by atoms with E-state index in [1.54, 1.807) is 24.4 Å². The summed E-state index contributed by atoms with van der Waals surface area (Å²) >= 11 is 0. The number of carbonyl (C=O) groups is 1. The van der Waals surface area contributed by atoms with Crippen molar-refractivity contribution < 1.29 is 14.3 Å². The molecule has 3 N–H and O–H groups in total. The number of aliphatic hydroxyl groups is 1. The first-order chi connectivity index (χ1) is 18.6. The topological polar surface area (TPSA) is 93.6 Å². The molecule has 1 saturated heterocycles. The highest BCUT2D eigenvalue weighted by Gasteiger charge is 2.17. The molecule has 2 heterocycles. The number of fused-ring (bicyclic) bond motifs is 1. The van der Waals surface area contributed by atoms with Crippen molar-refractivity contribution in [3.63, 3.8) is 0 Å². The Hall–Kier alpha value is -4.34. The van der Waals surface area contributed by atoms with Crippen LogP contribution < -0.4 is 15.5 Å². The fourth-order valence-electron chi connectivity index (χ4n) is 4.61. The van der Waals surface area contributed by atoms with Crippen LogP contribution in [0.4, 0.5) is 27.4 Å². The van der Waals surface area contributed by atoms with Gasteiger partial charge in [0.05, 0.1) is 17.8 Å². The van der Waals surface area contributed by atoms with Crippen molar-refractivity contribution in [2.24, 2.45) is 0 Å². The minimum absolute atomic E-state index is 0.0757. The number of benzene rings is 3. The predicted octanol–water partition coefficient (Wildman–Crippen LogP) is 4.42. The molecule has 0 unspecified atom stereocenters. The number of carbonyl (C=O) groups excluding carboxylic acids is 1. The molecule has 3 aromatic carbocycles. The summed E-state index contributed by atoms with van der Waals surface area (Å²) in [6.45, 7) is 8.01. The molecular formula is C29H29FN6O2. The highest BCUT2D eigenvalue weighted by Crippen LogP contribution is 2.33. The van der Waals surface area contributed by atoms with Gasteiger partial charge in [0.2, 0.25) is 11.9 Å². The molecule has 1 aliphatic rings. The van der Waals surface area contributed by atoms with Gasteiger partial charge in [-0.3, -0.25) is 9.69 Å². The van der Waals surface area contributed by atoms with Gasteiger partial charge >= 0.3 is 0 Å². The Kier molecular flexibility index (Phi) is 7.57. The first kappa shape index (κ1) is 25.3. The van der Waals surface area contributed by atoms with E-state index < -0.39 is 11.7 Å². The van der Waals surface area contributed by atoms with E-state index in [1.807, 2.05) is 24.3 Å².